The van der Waals surface area contributed by atoms with Crippen molar-refractivity contribution in [3.05, 3.63) is 0 Å². The molecule has 0 bridgehead atoms. The molecule has 1 aliphatic rings. The molecule has 1 saturated carbocycles. The van der Waals surface area contributed by atoms with Crippen molar-refractivity contribution >= 4 is 6.03 Å². The number of nitrogens with one attached hydrogen (secondary N) is 2. The van der Waals surface area contributed by atoms with Gasteiger partial charge in [0.25, 0.3) is 0 Å². The number of carbonyl (C=O) groups excluding carboxylic acids is 1. The van der Waals surface area contributed by atoms with Crippen molar-refractivity contribution in [1.82, 2.24) is 10.6 Å². The molecule has 1 fully saturated rings. The Kier molecular flexibility index (Phi) is 6.47. The van der Waals surface area contributed by atoms with E-state index < -0.39 is 0 Å². The van der Waals surface area contributed by atoms with E-state index in [0.717, 1.165) is 6.54 Å². The second kappa shape index (κ2) is 7.62. The molecule has 0 aromatic heterocycles. The monoisotopic (exact) mass is 256 g/mol. The highest BCUT2D eigenvalue weighted by molar-refractivity contribution is 5.74. The first kappa shape index (κ1) is 15.3. The lowest BCUT2D eigenvalue weighted by molar-refractivity contribution is 0.217. The van der Waals surface area contributed by atoms with E-state index in [9.17, 15) is 4.79 Å². The standard InChI is InChI=1S/C14H28N2O2/c1-12(7-10-17)16-13(18)15-11-14(2)8-5-3-4-6-9-14/h12,17H,3-11H2,1-2H3,(H2,15,16,18). The zero-order valence-electron chi connectivity index (χ0n) is 11.8. The SMILES string of the molecule is CC(CCO)NC(=O)NCC1(C)CCCCCC1. The summed E-state index contributed by atoms with van der Waals surface area (Å²) < 4.78 is 0. The quantitative estimate of drug-likeness (QED) is 0.662. The van der Waals surface area contributed by atoms with Gasteiger partial charge in [-0.3, -0.25) is 0 Å². The zero-order valence-corrected chi connectivity index (χ0v) is 11.8. The molecule has 0 aliphatic heterocycles. The highest BCUT2D eigenvalue weighted by atomic mass is 16.3. The van der Waals surface area contributed by atoms with Crippen LogP contribution in [0, 0.1) is 5.41 Å². The van der Waals surface area contributed by atoms with E-state index in [1.165, 1.54) is 38.5 Å². The second-order valence-corrected chi connectivity index (χ2v) is 5.97. The minimum absolute atomic E-state index is 0.0249. The molecule has 1 aliphatic carbocycles. The third kappa shape index (κ3) is 5.71. The van der Waals surface area contributed by atoms with Crippen LogP contribution in [-0.2, 0) is 0 Å². The predicted octanol–water partition coefficient (Wildman–Crippen LogP) is 2.42. The molecule has 106 valence electrons. The zero-order chi connectivity index (χ0) is 13.4. The number of rotatable bonds is 5. The smallest absolute Gasteiger partial charge is 0.315 e. The maximum atomic E-state index is 11.7. The van der Waals surface area contributed by atoms with Crippen molar-refractivity contribution < 1.29 is 9.90 Å². The second-order valence-electron chi connectivity index (χ2n) is 5.97. The Hall–Kier alpha value is -0.770. The summed E-state index contributed by atoms with van der Waals surface area (Å²) in [5, 5.41) is 14.6. The summed E-state index contributed by atoms with van der Waals surface area (Å²) in [6.45, 7) is 5.04. The molecule has 0 aromatic rings. The van der Waals surface area contributed by atoms with Crippen LogP contribution in [0.1, 0.15) is 58.8 Å². The van der Waals surface area contributed by atoms with Gasteiger partial charge in [-0.1, -0.05) is 32.6 Å². The van der Waals surface area contributed by atoms with Crippen molar-refractivity contribution in [1.29, 1.82) is 0 Å². The lowest BCUT2D eigenvalue weighted by atomic mass is 9.82. The van der Waals surface area contributed by atoms with Gasteiger partial charge in [0, 0.05) is 19.2 Å². The Balaban J connectivity index is 2.27. The Bertz CT molecular complexity index is 248. The summed E-state index contributed by atoms with van der Waals surface area (Å²) in [7, 11) is 0. The van der Waals surface area contributed by atoms with Gasteiger partial charge in [-0.2, -0.15) is 0 Å². The van der Waals surface area contributed by atoms with Gasteiger partial charge in [0.2, 0.25) is 0 Å². The van der Waals surface area contributed by atoms with Gasteiger partial charge in [-0.15, -0.1) is 0 Å². The van der Waals surface area contributed by atoms with Crippen LogP contribution in [0.3, 0.4) is 0 Å². The van der Waals surface area contributed by atoms with Crippen LogP contribution < -0.4 is 10.6 Å². The highest BCUT2D eigenvalue weighted by Crippen LogP contribution is 2.33. The van der Waals surface area contributed by atoms with Gasteiger partial charge >= 0.3 is 6.03 Å². The molecule has 0 heterocycles. The van der Waals surface area contributed by atoms with Gasteiger partial charge in [0.1, 0.15) is 0 Å². The van der Waals surface area contributed by atoms with Crippen molar-refractivity contribution in [3.8, 4) is 0 Å². The Morgan fingerprint density at radius 1 is 1.28 bits per heavy atom. The van der Waals surface area contributed by atoms with E-state index in [2.05, 4.69) is 17.6 Å². The number of urea groups is 1. The third-order valence-corrected chi connectivity index (χ3v) is 3.93. The molecular formula is C14H28N2O2. The summed E-state index contributed by atoms with van der Waals surface area (Å²) in [6.07, 6.45) is 8.23. The molecule has 3 N–H and O–H groups in total. The van der Waals surface area contributed by atoms with Gasteiger partial charge in [-0.25, -0.2) is 4.79 Å². The van der Waals surface area contributed by atoms with Crippen molar-refractivity contribution in [2.75, 3.05) is 13.2 Å². The van der Waals surface area contributed by atoms with E-state index in [1.807, 2.05) is 6.92 Å². The van der Waals surface area contributed by atoms with Gasteiger partial charge in [-0.05, 0) is 31.6 Å². The van der Waals surface area contributed by atoms with Crippen molar-refractivity contribution in [3.63, 3.8) is 0 Å². The maximum absolute atomic E-state index is 11.7. The van der Waals surface area contributed by atoms with E-state index in [0.29, 0.717) is 6.42 Å². The van der Waals surface area contributed by atoms with E-state index in [-0.39, 0.29) is 24.1 Å². The topological polar surface area (TPSA) is 61.4 Å². The average Bonchev–Trinajstić information content (AvgIpc) is 2.53. The molecule has 0 aromatic carbocycles. The summed E-state index contributed by atoms with van der Waals surface area (Å²) in [5.41, 5.74) is 0.258. The molecule has 2 amide bonds. The summed E-state index contributed by atoms with van der Waals surface area (Å²) in [6, 6.07) is -0.0849. The molecule has 1 atom stereocenters. The molecule has 0 saturated heterocycles. The van der Waals surface area contributed by atoms with Crippen LogP contribution in [0.25, 0.3) is 0 Å². The van der Waals surface area contributed by atoms with Gasteiger partial charge in [0.15, 0.2) is 0 Å². The van der Waals surface area contributed by atoms with Crippen molar-refractivity contribution in [2.24, 2.45) is 5.41 Å². The fraction of sp³-hybridized carbons (Fsp3) is 0.929. The van der Waals surface area contributed by atoms with Gasteiger partial charge < -0.3 is 15.7 Å². The molecule has 0 radical (unpaired) electrons. The van der Waals surface area contributed by atoms with Crippen LogP contribution in [0.5, 0.6) is 0 Å². The highest BCUT2D eigenvalue weighted by Gasteiger charge is 2.26. The fourth-order valence-electron chi connectivity index (χ4n) is 2.59. The number of hydrogen-bond donors (Lipinski definition) is 3. The predicted molar refractivity (Wildman–Crippen MR) is 73.5 cm³/mol. The van der Waals surface area contributed by atoms with E-state index in [4.69, 9.17) is 5.11 Å². The maximum Gasteiger partial charge on any atom is 0.315 e. The van der Waals surface area contributed by atoms with Crippen LogP contribution in [0.2, 0.25) is 0 Å². The molecular weight excluding hydrogens is 228 g/mol. The first-order valence-corrected chi connectivity index (χ1v) is 7.21. The van der Waals surface area contributed by atoms with E-state index in [1.54, 1.807) is 0 Å². The number of aliphatic hydroxyl groups is 1. The largest absolute Gasteiger partial charge is 0.396 e. The average molecular weight is 256 g/mol. The molecule has 4 heteroatoms. The van der Waals surface area contributed by atoms with Crippen LogP contribution in [-0.4, -0.2) is 30.3 Å². The Morgan fingerprint density at radius 2 is 1.89 bits per heavy atom. The Labute approximate surface area is 111 Å². The summed E-state index contributed by atoms with van der Waals surface area (Å²) in [5.74, 6) is 0. The third-order valence-electron chi connectivity index (χ3n) is 3.93. The first-order chi connectivity index (χ1) is 8.56. The molecule has 1 unspecified atom stereocenters. The summed E-state index contributed by atoms with van der Waals surface area (Å²) >= 11 is 0. The number of carbonyl (C=O) groups is 1. The minimum atomic E-state index is -0.110. The van der Waals surface area contributed by atoms with Crippen molar-refractivity contribution in [2.45, 2.75) is 64.8 Å². The lowest BCUT2D eigenvalue weighted by Crippen LogP contribution is -2.44. The molecule has 18 heavy (non-hydrogen) atoms. The van der Waals surface area contributed by atoms with Crippen LogP contribution in [0.15, 0.2) is 0 Å². The van der Waals surface area contributed by atoms with Crippen LogP contribution >= 0.6 is 0 Å². The molecule has 4 nitrogen and oxygen atoms in total. The number of amides is 2. The first-order valence-electron chi connectivity index (χ1n) is 7.21. The fourth-order valence-corrected chi connectivity index (χ4v) is 2.59. The number of aliphatic hydroxyl groups excluding tert-OH is 1. The lowest BCUT2D eigenvalue weighted by Gasteiger charge is -2.28. The van der Waals surface area contributed by atoms with Crippen LogP contribution in [0.4, 0.5) is 4.79 Å². The van der Waals surface area contributed by atoms with Gasteiger partial charge in [0.05, 0.1) is 0 Å². The minimum Gasteiger partial charge on any atom is -0.396 e. The van der Waals surface area contributed by atoms with E-state index >= 15 is 0 Å². The molecule has 1 rings (SSSR count). The number of hydrogen-bond acceptors (Lipinski definition) is 2. The molecule has 0 spiro atoms. The Morgan fingerprint density at radius 3 is 2.44 bits per heavy atom. The summed E-state index contributed by atoms with van der Waals surface area (Å²) in [4.78, 5) is 11.7. The normalized spacial score (nSPS) is 20.8.